The molecule has 2 amide bonds. The van der Waals surface area contributed by atoms with E-state index in [-0.39, 0.29) is 18.0 Å². The Bertz CT molecular complexity index is 1010. The maximum absolute atomic E-state index is 13.1. The van der Waals surface area contributed by atoms with E-state index in [0.717, 1.165) is 11.1 Å². The highest BCUT2D eigenvalue weighted by molar-refractivity contribution is 5.94. The lowest BCUT2D eigenvalue weighted by atomic mass is 9.94. The third kappa shape index (κ3) is 5.45. The molecule has 1 aromatic heterocycles. The van der Waals surface area contributed by atoms with Crippen LogP contribution in [0.4, 0.5) is 0 Å². The highest BCUT2D eigenvalue weighted by atomic mass is 16.3. The van der Waals surface area contributed by atoms with E-state index < -0.39 is 12.5 Å². The van der Waals surface area contributed by atoms with Crippen LogP contribution in [0.25, 0.3) is 0 Å². The quantitative estimate of drug-likeness (QED) is 0.583. The van der Waals surface area contributed by atoms with Crippen molar-refractivity contribution >= 4 is 11.8 Å². The van der Waals surface area contributed by atoms with E-state index in [9.17, 15) is 14.7 Å². The van der Waals surface area contributed by atoms with Crippen LogP contribution < -0.4 is 5.32 Å². The fraction of sp³-hybridized carbons (Fsp3) is 0.269. The molecule has 1 saturated heterocycles. The zero-order valence-corrected chi connectivity index (χ0v) is 18.4. The van der Waals surface area contributed by atoms with Gasteiger partial charge in [-0.15, -0.1) is 0 Å². The fourth-order valence-electron chi connectivity index (χ4n) is 4.38. The van der Waals surface area contributed by atoms with Gasteiger partial charge in [0.05, 0.1) is 11.6 Å². The number of amides is 2. The van der Waals surface area contributed by atoms with Crippen molar-refractivity contribution in [1.82, 2.24) is 20.1 Å². The summed E-state index contributed by atoms with van der Waals surface area (Å²) in [5.41, 5.74) is 2.84. The molecule has 0 spiro atoms. The van der Waals surface area contributed by atoms with Gasteiger partial charge in [0.15, 0.2) is 0 Å². The Morgan fingerprint density at radius 2 is 1.64 bits per heavy atom. The smallest absolute Gasteiger partial charge is 0.255 e. The summed E-state index contributed by atoms with van der Waals surface area (Å²) in [6, 6.07) is 23.9. The number of aliphatic hydroxyl groups excluding tert-OH is 1. The molecule has 2 heterocycles. The molecule has 33 heavy (non-hydrogen) atoms. The highest BCUT2D eigenvalue weighted by Gasteiger charge is 2.35. The molecule has 0 saturated carbocycles. The molecule has 1 aliphatic rings. The van der Waals surface area contributed by atoms with Crippen molar-refractivity contribution in [2.24, 2.45) is 0 Å². The van der Waals surface area contributed by atoms with E-state index >= 15 is 0 Å². The van der Waals surface area contributed by atoms with E-state index in [1.54, 1.807) is 24.5 Å². The molecule has 2 aromatic carbocycles. The summed E-state index contributed by atoms with van der Waals surface area (Å²) in [7, 11) is 0. The normalized spacial score (nSPS) is 16.5. The summed E-state index contributed by atoms with van der Waals surface area (Å²) in [5.74, 6) is -0.501. The molecular formula is C26H28N4O3. The summed E-state index contributed by atoms with van der Waals surface area (Å²) in [5, 5.41) is 12.0. The van der Waals surface area contributed by atoms with Crippen molar-refractivity contribution in [2.75, 3.05) is 32.8 Å². The van der Waals surface area contributed by atoms with Crippen LogP contribution in [0.1, 0.15) is 27.5 Å². The third-order valence-electron chi connectivity index (χ3n) is 5.96. The monoisotopic (exact) mass is 444 g/mol. The second-order valence-corrected chi connectivity index (χ2v) is 8.07. The number of pyridine rings is 1. The molecule has 0 aliphatic carbocycles. The summed E-state index contributed by atoms with van der Waals surface area (Å²) in [6.07, 6.45) is 3.22. The Morgan fingerprint density at radius 3 is 2.21 bits per heavy atom. The Balaban J connectivity index is 1.64. The lowest BCUT2D eigenvalue weighted by Crippen LogP contribution is -2.59. The molecule has 1 aliphatic heterocycles. The Labute approximate surface area is 193 Å². The molecule has 1 fully saturated rings. The van der Waals surface area contributed by atoms with Crippen LogP contribution in [0.3, 0.4) is 0 Å². The van der Waals surface area contributed by atoms with Gasteiger partial charge in [0.2, 0.25) is 5.91 Å². The molecule has 3 aromatic rings. The maximum Gasteiger partial charge on any atom is 0.255 e. The molecule has 0 bridgehead atoms. The van der Waals surface area contributed by atoms with Crippen molar-refractivity contribution in [3.05, 3.63) is 102 Å². The molecule has 4 rings (SSSR count). The number of rotatable bonds is 7. The Morgan fingerprint density at radius 1 is 0.970 bits per heavy atom. The average Bonchev–Trinajstić information content (AvgIpc) is 2.89. The Kier molecular flexibility index (Phi) is 7.44. The number of benzene rings is 2. The average molecular weight is 445 g/mol. The van der Waals surface area contributed by atoms with Crippen LogP contribution in [0.2, 0.25) is 0 Å². The van der Waals surface area contributed by atoms with Crippen molar-refractivity contribution in [3.63, 3.8) is 0 Å². The number of piperazine rings is 1. The van der Waals surface area contributed by atoms with E-state index in [4.69, 9.17) is 0 Å². The van der Waals surface area contributed by atoms with E-state index in [0.29, 0.717) is 31.7 Å². The van der Waals surface area contributed by atoms with Gasteiger partial charge in [-0.25, -0.2) is 0 Å². The highest BCUT2D eigenvalue weighted by Crippen LogP contribution is 2.32. The molecule has 2 N–H and O–H groups in total. The minimum atomic E-state index is -0.564. The van der Waals surface area contributed by atoms with Crippen molar-refractivity contribution in [2.45, 2.75) is 12.1 Å². The summed E-state index contributed by atoms with van der Waals surface area (Å²) >= 11 is 0. The van der Waals surface area contributed by atoms with E-state index in [1.165, 1.54) is 0 Å². The number of aliphatic hydroxyl groups is 1. The van der Waals surface area contributed by atoms with Gasteiger partial charge in [-0.1, -0.05) is 60.7 Å². The minimum Gasteiger partial charge on any atom is -0.387 e. The van der Waals surface area contributed by atoms with Gasteiger partial charge in [0, 0.05) is 44.6 Å². The van der Waals surface area contributed by atoms with Crippen LogP contribution in [0, 0.1) is 0 Å². The lowest BCUT2D eigenvalue weighted by Gasteiger charge is -2.45. The largest absolute Gasteiger partial charge is 0.387 e. The number of hydrogen-bond donors (Lipinski definition) is 2. The fourth-order valence-corrected chi connectivity index (χ4v) is 4.38. The zero-order chi connectivity index (χ0) is 23.0. The lowest BCUT2D eigenvalue weighted by molar-refractivity contribution is -0.124. The maximum atomic E-state index is 13.1. The summed E-state index contributed by atoms with van der Waals surface area (Å²) < 4.78 is 0. The predicted molar refractivity (Wildman–Crippen MR) is 125 cm³/mol. The van der Waals surface area contributed by atoms with Gasteiger partial charge in [0.25, 0.3) is 5.91 Å². The first-order valence-corrected chi connectivity index (χ1v) is 11.1. The number of hydrogen-bond acceptors (Lipinski definition) is 5. The minimum absolute atomic E-state index is 0.0286. The molecule has 7 heteroatoms. The Hall–Kier alpha value is -3.55. The third-order valence-corrected chi connectivity index (χ3v) is 5.96. The number of aromatic nitrogens is 1. The van der Waals surface area contributed by atoms with Gasteiger partial charge < -0.3 is 15.3 Å². The zero-order valence-electron chi connectivity index (χ0n) is 18.4. The van der Waals surface area contributed by atoms with Gasteiger partial charge >= 0.3 is 0 Å². The van der Waals surface area contributed by atoms with Gasteiger partial charge in [-0.05, 0) is 23.3 Å². The first-order valence-electron chi connectivity index (χ1n) is 11.1. The molecule has 7 nitrogen and oxygen atoms in total. The van der Waals surface area contributed by atoms with Crippen molar-refractivity contribution in [1.29, 1.82) is 0 Å². The summed E-state index contributed by atoms with van der Waals surface area (Å²) in [4.78, 5) is 33.2. The van der Waals surface area contributed by atoms with Crippen molar-refractivity contribution < 1.29 is 14.7 Å². The van der Waals surface area contributed by atoms with Crippen LogP contribution in [-0.4, -0.2) is 70.5 Å². The second-order valence-electron chi connectivity index (χ2n) is 8.07. The van der Waals surface area contributed by atoms with Crippen LogP contribution in [-0.2, 0) is 4.79 Å². The van der Waals surface area contributed by atoms with Gasteiger partial charge in [-0.3, -0.25) is 19.5 Å². The standard InChI is InChI=1S/C26H28N4O3/c31-19-24(32)28-17-23-18-29(26(33)22-12-7-13-27-16-22)14-15-30(23)25(20-8-3-1-4-9-20)21-10-5-2-6-11-21/h1-13,16,23,25,31H,14-15,17-19H2,(H,28,32). The SMILES string of the molecule is O=C(CO)NCC1CN(C(=O)c2cccnc2)CCN1C(c1ccccc1)c1ccccc1. The van der Waals surface area contributed by atoms with Crippen LogP contribution in [0.5, 0.6) is 0 Å². The molecule has 0 radical (unpaired) electrons. The van der Waals surface area contributed by atoms with Crippen LogP contribution >= 0.6 is 0 Å². The van der Waals surface area contributed by atoms with E-state index in [1.807, 2.05) is 41.3 Å². The first-order chi connectivity index (χ1) is 16.2. The van der Waals surface area contributed by atoms with Gasteiger partial charge in [0.1, 0.15) is 6.61 Å². The molecule has 1 unspecified atom stereocenters. The number of carbonyl (C=O) groups excluding carboxylic acids is 2. The summed E-state index contributed by atoms with van der Waals surface area (Å²) in [6.45, 7) is 1.42. The predicted octanol–water partition coefficient (Wildman–Crippen LogP) is 2.11. The number of nitrogens with one attached hydrogen (secondary N) is 1. The topological polar surface area (TPSA) is 85.8 Å². The first kappa shape index (κ1) is 22.6. The second kappa shape index (κ2) is 10.8. The van der Waals surface area contributed by atoms with Crippen molar-refractivity contribution in [3.8, 4) is 0 Å². The van der Waals surface area contributed by atoms with Gasteiger partial charge in [-0.2, -0.15) is 0 Å². The molecular weight excluding hydrogens is 416 g/mol. The van der Waals surface area contributed by atoms with Crippen LogP contribution in [0.15, 0.2) is 85.2 Å². The number of nitrogens with zero attached hydrogens (tertiary/aromatic N) is 3. The van der Waals surface area contributed by atoms with E-state index in [2.05, 4.69) is 39.5 Å². The molecule has 1 atom stereocenters. The number of carbonyl (C=O) groups is 2. The molecule has 170 valence electrons.